The van der Waals surface area contributed by atoms with Crippen LogP contribution in [0.15, 0.2) is 24.3 Å². The average Bonchev–Trinajstić information content (AvgIpc) is 2.50. The Morgan fingerprint density at radius 3 is 2.54 bits per heavy atom. The van der Waals surface area contributed by atoms with Crippen LogP contribution >= 0.6 is 50.7 Å². The van der Waals surface area contributed by atoms with E-state index in [1.807, 2.05) is 6.92 Å². The van der Waals surface area contributed by atoms with Gasteiger partial charge in [-0.1, -0.05) is 69.8 Å². The van der Waals surface area contributed by atoms with Crippen molar-refractivity contribution in [1.29, 1.82) is 0 Å². The van der Waals surface area contributed by atoms with E-state index in [-0.39, 0.29) is 24.3 Å². The largest absolute Gasteiger partial charge is 0.426 e. The molecule has 0 radical (unpaired) electrons. The van der Waals surface area contributed by atoms with Crippen LogP contribution in [-0.4, -0.2) is 33.8 Å². The second-order valence-corrected chi connectivity index (χ2v) is 7.84. The van der Waals surface area contributed by atoms with E-state index in [1.54, 1.807) is 12.1 Å². The van der Waals surface area contributed by atoms with Gasteiger partial charge in [0.1, 0.15) is 5.75 Å². The van der Waals surface area contributed by atoms with Crippen LogP contribution < -0.4 is 10.1 Å². The summed E-state index contributed by atoms with van der Waals surface area (Å²) in [4.78, 5) is 24.1. The minimum absolute atomic E-state index is 0.136. The minimum Gasteiger partial charge on any atom is -0.426 e. The third-order valence-electron chi connectivity index (χ3n) is 2.73. The van der Waals surface area contributed by atoms with E-state index in [9.17, 15) is 9.59 Å². The highest BCUT2D eigenvalue weighted by Crippen LogP contribution is 2.31. The van der Waals surface area contributed by atoms with Crippen molar-refractivity contribution in [3.05, 3.63) is 29.8 Å². The number of esters is 1. The fourth-order valence-electron chi connectivity index (χ4n) is 1.70. The molecule has 0 aliphatic rings. The number of alkyl halides is 4. The van der Waals surface area contributed by atoms with Crippen molar-refractivity contribution in [3.63, 3.8) is 0 Å². The average molecular weight is 462 g/mol. The molecule has 0 aromatic heterocycles. The second-order valence-electron chi connectivity index (χ2n) is 4.68. The molecule has 1 amide bonds. The van der Waals surface area contributed by atoms with E-state index >= 15 is 0 Å². The van der Waals surface area contributed by atoms with Gasteiger partial charge in [-0.3, -0.25) is 9.59 Å². The molecule has 0 bridgehead atoms. The number of halogens is 4. The second kappa shape index (κ2) is 10.5. The van der Waals surface area contributed by atoms with Crippen LogP contribution in [0.4, 0.5) is 0 Å². The number of carbonyl (C=O) groups excluding carboxylic acids is 2. The Hall–Kier alpha value is -0.530. The maximum atomic E-state index is 12.5. The number of hydrogen-bond donors (Lipinski definition) is 1. The number of rotatable bonds is 8. The van der Waals surface area contributed by atoms with Gasteiger partial charge in [0.05, 0.1) is 12.2 Å². The van der Waals surface area contributed by atoms with E-state index in [1.165, 1.54) is 12.1 Å². The molecule has 5 nitrogen and oxygen atoms in total. The van der Waals surface area contributed by atoms with Crippen LogP contribution in [0.2, 0.25) is 0 Å². The predicted octanol–water partition coefficient (Wildman–Crippen LogP) is 4.23. The van der Waals surface area contributed by atoms with Gasteiger partial charge in [0.15, 0.2) is 6.23 Å². The lowest BCUT2D eigenvalue weighted by Gasteiger charge is -2.25. The molecule has 1 unspecified atom stereocenters. The van der Waals surface area contributed by atoms with Gasteiger partial charge >= 0.3 is 5.97 Å². The molecule has 1 aromatic rings. The summed E-state index contributed by atoms with van der Waals surface area (Å²) in [5, 5.41) is 2.99. The SMILES string of the molecule is CCCC(=O)Oc1ccccc1C(=O)NC(OCCBr)C(Cl)(Cl)Cl. The normalized spacial score (nSPS) is 12.5. The highest BCUT2D eigenvalue weighted by atomic mass is 79.9. The number of hydrogen-bond acceptors (Lipinski definition) is 4. The first-order chi connectivity index (χ1) is 11.3. The van der Waals surface area contributed by atoms with Crippen molar-refractivity contribution in [3.8, 4) is 5.75 Å². The molecule has 134 valence electrons. The quantitative estimate of drug-likeness (QED) is 0.272. The summed E-state index contributed by atoms with van der Waals surface area (Å²) in [7, 11) is 0. The zero-order valence-electron chi connectivity index (χ0n) is 12.9. The molecular formula is C15H17BrCl3NO4. The minimum atomic E-state index is -1.86. The van der Waals surface area contributed by atoms with Gasteiger partial charge in [-0.25, -0.2) is 0 Å². The molecule has 0 heterocycles. The molecule has 1 N–H and O–H groups in total. The smallest absolute Gasteiger partial charge is 0.311 e. The van der Waals surface area contributed by atoms with Crippen molar-refractivity contribution in [2.24, 2.45) is 0 Å². The van der Waals surface area contributed by atoms with Crippen LogP contribution in [0, 0.1) is 0 Å². The van der Waals surface area contributed by atoms with E-state index in [2.05, 4.69) is 21.2 Å². The fraction of sp³-hybridized carbons (Fsp3) is 0.467. The summed E-state index contributed by atoms with van der Waals surface area (Å²) in [5.74, 6) is -0.871. The highest BCUT2D eigenvalue weighted by molar-refractivity contribution is 9.09. The number of nitrogens with one attached hydrogen (secondary N) is 1. The van der Waals surface area contributed by atoms with Gasteiger partial charge < -0.3 is 14.8 Å². The monoisotopic (exact) mass is 459 g/mol. The Kier molecular flexibility index (Phi) is 9.37. The molecule has 0 aliphatic heterocycles. The fourth-order valence-corrected chi connectivity index (χ4v) is 2.24. The van der Waals surface area contributed by atoms with Crippen molar-refractivity contribution in [2.75, 3.05) is 11.9 Å². The van der Waals surface area contributed by atoms with Crippen LogP contribution in [0.25, 0.3) is 0 Å². The number of ether oxygens (including phenoxy) is 2. The molecule has 0 aliphatic carbocycles. The molecule has 0 saturated heterocycles. The summed E-state index contributed by atoms with van der Waals surface area (Å²) < 4.78 is 8.68. The van der Waals surface area contributed by atoms with Gasteiger partial charge in [-0.05, 0) is 18.6 Å². The first kappa shape index (κ1) is 21.5. The number of benzene rings is 1. The van der Waals surface area contributed by atoms with Crippen molar-refractivity contribution >= 4 is 62.6 Å². The number of carbonyl (C=O) groups is 2. The molecule has 1 atom stereocenters. The maximum Gasteiger partial charge on any atom is 0.311 e. The van der Waals surface area contributed by atoms with Crippen LogP contribution in [0.1, 0.15) is 30.1 Å². The Bertz CT molecular complexity index is 566. The molecule has 1 aromatic carbocycles. The summed E-state index contributed by atoms with van der Waals surface area (Å²) in [6, 6.07) is 6.31. The third-order valence-corrected chi connectivity index (χ3v) is 3.65. The Morgan fingerprint density at radius 1 is 1.29 bits per heavy atom. The van der Waals surface area contributed by atoms with Crippen LogP contribution in [-0.2, 0) is 9.53 Å². The first-order valence-electron chi connectivity index (χ1n) is 7.14. The highest BCUT2D eigenvalue weighted by Gasteiger charge is 2.35. The van der Waals surface area contributed by atoms with E-state index in [4.69, 9.17) is 44.3 Å². The number of amides is 1. The van der Waals surface area contributed by atoms with Crippen molar-refractivity contribution in [1.82, 2.24) is 5.32 Å². The summed E-state index contributed by atoms with van der Waals surface area (Å²) in [6.45, 7) is 2.08. The lowest BCUT2D eigenvalue weighted by atomic mass is 10.2. The van der Waals surface area contributed by atoms with Gasteiger partial charge in [0.25, 0.3) is 5.91 Å². The van der Waals surface area contributed by atoms with Gasteiger partial charge in [0, 0.05) is 11.8 Å². The Labute approximate surface area is 164 Å². The van der Waals surface area contributed by atoms with E-state index in [0.29, 0.717) is 11.8 Å². The molecule has 0 saturated carbocycles. The maximum absolute atomic E-state index is 12.5. The van der Waals surface area contributed by atoms with Crippen LogP contribution in [0.3, 0.4) is 0 Å². The zero-order valence-corrected chi connectivity index (χ0v) is 16.7. The van der Waals surface area contributed by atoms with Crippen LogP contribution in [0.5, 0.6) is 5.75 Å². The lowest BCUT2D eigenvalue weighted by molar-refractivity contribution is -0.134. The standard InChI is InChI=1S/C15H17BrCl3NO4/c1-2-5-12(21)24-11-7-4-3-6-10(11)13(22)20-14(15(17,18)19)23-9-8-16/h3-4,6-7,14H,2,5,8-9H2,1H3,(H,20,22). The lowest BCUT2D eigenvalue weighted by Crippen LogP contribution is -2.46. The molecule has 9 heteroatoms. The summed E-state index contributed by atoms with van der Waals surface area (Å²) >= 11 is 20.7. The zero-order chi connectivity index (χ0) is 18.2. The van der Waals surface area contributed by atoms with Gasteiger partial charge in [-0.2, -0.15) is 0 Å². The molecule has 0 spiro atoms. The molecule has 24 heavy (non-hydrogen) atoms. The van der Waals surface area contributed by atoms with Gasteiger partial charge in [0.2, 0.25) is 3.79 Å². The molecular weight excluding hydrogens is 444 g/mol. The molecule has 0 fully saturated rings. The molecule has 1 rings (SSSR count). The predicted molar refractivity (Wildman–Crippen MR) is 98.3 cm³/mol. The van der Waals surface area contributed by atoms with Gasteiger partial charge in [-0.15, -0.1) is 0 Å². The topological polar surface area (TPSA) is 64.6 Å². The summed E-state index contributed by atoms with van der Waals surface area (Å²) in [5.41, 5.74) is 0.142. The van der Waals surface area contributed by atoms with E-state index < -0.39 is 21.9 Å². The van der Waals surface area contributed by atoms with Crippen molar-refractivity contribution < 1.29 is 19.1 Å². The van der Waals surface area contributed by atoms with Crippen molar-refractivity contribution in [2.45, 2.75) is 29.8 Å². The van der Waals surface area contributed by atoms with E-state index in [0.717, 1.165) is 0 Å². The first-order valence-corrected chi connectivity index (χ1v) is 9.40. The summed E-state index contributed by atoms with van der Waals surface area (Å²) in [6.07, 6.45) is -0.267. The Balaban J connectivity index is 2.91. The third kappa shape index (κ3) is 7.15. The Morgan fingerprint density at radius 2 is 1.96 bits per heavy atom. The number of para-hydroxylation sites is 1.